The molecule has 0 aromatic carbocycles. The third-order valence-electron chi connectivity index (χ3n) is 2.17. The number of aromatic nitrogens is 1. The molecule has 1 rings (SSSR count). The summed E-state index contributed by atoms with van der Waals surface area (Å²) in [4.78, 5) is 15.1. The number of carbonyl (C=O) groups is 1. The number of anilines is 1. The number of carbonyl (C=O) groups excluding carboxylic acids is 1. The van der Waals surface area contributed by atoms with Crippen molar-refractivity contribution in [1.29, 1.82) is 0 Å². The number of rotatable bonds is 3. The van der Waals surface area contributed by atoms with Crippen molar-refractivity contribution in [1.82, 2.24) is 9.88 Å². The van der Waals surface area contributed by atoms with Gasteiger partial charge >= 0.3 is 6.18 Å². The molecule has 0 aliphatic carbocycles. The van der Waals surface area contributed by atoms with Crippen LogP contribution in [0.4, 0.5) is 18.9 Å². The molecule has 96 valence electrons. The van der Waals surface area contributed by atoms with Gasteiger partial charge in [-0.05, 0) is 19.9 Å². The molecule has 0 radical (unpaired) electrons. The Morgan fingerprint density at radius 3 is 2.47 bits per heavy atom. The number of nitrogens with zero attached hydrogens (tertiary/aromatic N) is 1. The normalized spacial score (nSPS) is 11.9. The van der Waals surface area contributed by atoms with E-state index in [4.69, 9.17) is 5.73 Å². The average Bonchev–Trinajstić information content (AvgIpc) is 2.58. The number of halogens is 3. The monoisotopic (exact) mass is 249 g/mol. The summed E-state index contributed by atoms with van der Waals surface area (Å²) in [5.41, 5.74) is 5.76. The summed E-state index contributed by atoms with van der Waals surface area (Å²) in [5, 5.41) is 0. The van der Waals surface area contributed by atoms with Gasteiger partial charge in [-0.15, -0.1) is 0 Å². The molecule has 3 N–H and O–H groups in total. The zero-order chi connectivity index (χ0) is 13.2. The first-order valence-electron chi connectivity index (χ1n) is 5.02. The van der Waals surface area contributed by atoms with Gasteiger partial charge in [-0.25, -0.2) is 0 Å². The van der Waals surface area contributed by atoms with Crippen LogP contribution in [-0.2, 0) is 0 Å². The minimum absolute atomic E-state index is 0.0560. The molecule has 17 heavy (non-hydrogen) atoms. The number of hydrogen-bond acceptors (Lipinski definition) is 2. The van der Waals surface area contributed by atoms with Crippen molar-refractivity contribution in [2.45, 2.75) is 26.1 Å². The highest BCUT2D eigenvalue weighted by molar-refractivity contribution is 5.93. The highest BCUT2D eigenvalue weighted by Gasteiger charge is 2.34. The van der Waals surface area contributed by atoms with Crippen molar-refractivity contribution in [3.63, 3.8) is 0 Å². The topological polar surface area (TPSA) is 62.1 Å². The van der Waals surface area contributed by atoms with Crippen LogP contribution in [0.3, 0.4) is 0 Å². The number of alkyl halides is 3. The number of nitrogens with one attached hydrogen (secondary N) is 1. The Labute approximate surface area is 96.6 Å². The summed E-state index contributed by atoms with van der Waals surface area (Å²) >= 11 is 0. The zero-order valence-electron chi connectivity index (χ0n) is 9.51. The average molecular weight is 249 g/mol. The van der Waals surface area contributed by atoms with Crippen LogP contribution in [0, 0.1) is 0 Å². The van der Waals surface area contributed by atoms with Gasteiger partial charge in [0.25, 0.3) is 5.91 Å². The molecular formula is C10H14F3N3O. The molecule has 1 heterocycles. The molecule has 7 heteroatoms. The van der Waals surface area contributed by atoms with Crippen LogP contribution >= 0.6 is 0 Å². The molecule has 0 saturated carbocycles. The quantitative estimate of drug-likeness (QED) is 0.860. The Balaban J connectivity index is 2.88. The Morgan fingerprint density at radius 2 is 2.12 bits per heavy atom. The number of amides is 1. The van der Waals surface area contributed by atoms with Crippen LogP contribution in [-0.4, -0.2) is 34.6 Å². The molecule has 0 atom stereocenters. The van der Waals surface area contributed by atoms with E-state index in [0.29, 0.717) is 5.69 Å². The maximum atomic E-state index is 12.3. The predicted octanol–water partition coefficient (Wildman–Crippen LogP) is 2.01. The molecule has 0 fully saturated rings. The van der Waals surface area contributed by atoms with Crippen molar-refractivity contribution in [2.24, 2.45) is 0 Å². The second-order valence-electron chi connectivity index (χ2n) is 3.99. The SMILES string of the molecule is CC(C)N(CC(F)(F)F)C(=O)c1cc(N)c[nH]1. The number of hydrogen-bond donors (Lipinski definition) is 2. The summed E-state index contributed by atoms with van der Waals surface area (Å²) in [6.45, 7) is 1.77. The van der Waals surface area contributed by atoms with Crippen LogP contribution in [0.2, 0.25) is 0 Å². The molecule has 0 aliphatic rings. The Bertz CT molecular complexity index is 398. The molecule has 0 bridgehead atoms. The first-order chi connectivity index (χ1) is 7.70. The fourth-order valence-corrected chi connectivity index (χ4v) is 1.37. The molecule has 0 saturated heterocycles. The largest absolute Gasteiger partial charge is 0.406 e. The van der Waals surface area contributed by atoms with E-state index in [1.807, 2.05) is 0 Å². The van der Waals surface area contributed by atoms with E-state index in [1.165, 1.54) is 26.1 Å². The zero-order valence-corrected chi connectivity index (χ0v) is 9.51. The van der Waals surface area contributed by atoms with Gasteiger partial charge in [0.1, 0.15) is 12.2 Å². The summed E-state index contributed by atoms with van der Waals surface area (Å²) in [7, 11) is 0. The lowest BCUT2D eigenvalue weighted by Crippen LogP contribution is -2.43. The lowest BCUT2D eigenvalue weighted by atomic mass is 10.2. The lowest BCUT2D eigenvalue weighted by Gasteiger charge is -2.27. The summed E-state index contributed by atoms with van der Waals surface area (Å²) in [6.07, 6.45) is -3.06. The van der Waals surface area contributed by atoms with E-state index in [1.54, 1.807) is 0 Å². The van der Waals surface area contributed by atoms with Crippen LogP contribution in [0.5, 0.6) is 0 Å². The first-order valence-corrected chi connectivity index (χ1v) is 5.02. The highest BCUT2D eigenvalue weighted by atomic mass is 19.4. The molecule has 4 nitrogen and oxygen atoms in total. The van der Waals surface area contributed by atoms with Crippen LogP contribution in [0.1, 0.15) is 24.3 Å². The minimum atomic E-state index is -4.42. The summed E-state index contributed by atoms with van der Waals surface area (Å²) in [5.74, 6) is -0.714. The Kier molecular flexibility index (Phi) is 3.69. The van der Waals surface area contributed by atoms with Crippen molar-refractivity contribution < 1.29 is 18.0 Å². The molecule has 0 unspecified atom stereocenters. The fraction of sp³-hybridized carbons (Fsp3) is 0.500. The van der Waals surface area contributed by atoms with Crippen molar-refractivity contribution in [3.8, 4) is 0 Å². The maximum Gasteiger partial charge on any atom is 0.406 e. The number of nitrogen functional groups attached to an aromatic ring is 1. The third-order valence-corrected chi connectivity index (χ3v) is 2.17. The van der Waals surface area contributed by atoms with Gasteiger partial charge in [0.05, 0.1) is 0 Å². The molecule has 1 amide bonds. The van der Waals surface area contributed by atoms with Crippen LogP contribution < -0.4 is 5.73 Å². The molecule has 1 aromatic heterocycles. The fourth-order valence-electron chi connectivity index (χ4n) is 1.37. The highest BCUT2D eigenvalue weighted by Crippen LogP contribution is 2.20. The van der Waals surface area contributed by atoms with E-state index in [2.05, 4.69) is 4.98 Å². The second kappa shape index (κ2) is 4.68. The summed E-state index contributed by atoms with van der Waals surface area (Å²) in [6, 6.07) is 0.766. The Morgan fingerprint density at radius 1 is 1.53 bits per heavy atom. The van der Waals surface area contributed by atoms with E-state index < -0.39 is 24.7 Å². The van der Waals surface area contributed by atoms with Crippen LogP contribution in [0.15, 0.2) is 12.3 Å². The molecule has 0 spiro atoms. The standard InChI is InChI=1S/C10H14F3N3O/c1-6(2)16(5-10(11,12)13)9(17)8-3-7(14)4-15-8/h3-4,6,15H,5,14H2,1-2H3. The molecular weight excluding hydrogens is 235 g/mol. The summed E-state index contributed by atoms with van der Waals surface area (Å²) < 4.78 is 37.0. The number of aromatic amines is 1. The van der Waals surface area contributed by atoms with E-state index in [9.17, 15) is 18.0 Å². The van der Waals surface area contributed by atoms with Crippen molar-refractivity contribution >= 4 is 11.6 Å². The third kappa shape index (κ3) is 3.69. The van der Waals surface area contributed by atoms with Gasteiger partial charge in [0.2, 0.25) is 0 Å². The van der Waals surface area contributed by atoms with Gasteiger partial charge in [-0.1, -0.05) is 0 Å². The van der Waals surface area contributed by atoms with Gasteiger partial charge in [-0.2, -0.15) is 13.2 Å². The minimum Gasteiger partial charge on any atom is -0.397 e. The number of nitrogens with two attached hydrogens (primary N) is 1. The van der Waals surface area contributed by atoms with Crippen molar-refractivity contribution in [3.05, 3.63) is 18.0 Å². The first kappa shape index (κ1) is 13.4. The van der Waals surface area contributed by atoms with Crippen LogP contribution in [0.25, 0.3) is 0 Å². The van der Waals surface area contributed by atoms with Gasteiger partial charge in [0.15, 0.2) is 0 Å². The van der Waals surface area contributed by atoms with Gasteiger partial charge in [0, 0.05) is 17.9 Å². The lowest BCUT2D eigenvalue weighted by molar-refractivity contribution is -0.143. The molecule has 0 aliphatic heterocycles. The predicted molar refractivity (Wildman–Crippen MR) is 57.4 cm³/mol. The number of H-pyrrole nitrogens is 1. The maximum absolute atomic E-state index is 12.3. The smallest absolute Gasteiger partial charge is 0.397 e. The van der Waals surface area contributed by atoms with Crippen molar-refractivity contribution in [2.75, 3.05) is 12.3 Å². The van der Waals surface area contributed by atoms with Gasteiger partial charge < -0.3 is 15.6 Å². The van der Waals surface area contributed by atoms with Gasteiger partial charge in [-0.3, -0.25) is 4.79 Å². The molecule has 1 aromatic rings. The van der Waals surface area contributed by atoms with E-state index in [0.717, 1.165) is 4.90 Å². The van der Waals surface area contributed by atoms with E-state index >= 15 is 0 Å². The van der Waals surface area contributed by atoms with E-state index in [-0.39, 0.29) is 5.69 Å². The Hall–Kier alpha value is -1.66. The second-order valence-corrected chi connectivity index (χ2v) is 3.99.